The molecule has 2 aromatic rings. The Morgan fingerprint density at radius 2 is 1.69 bits per heavy atom. The highest BCUT2D eigenvalue weighted by molar-refractivity contribution is 6.13. The van der Waals surface area contributed by atoms with Crippen molar-refractivity contribution in [1.82, 2.24) is 9.97 Å². The van der Waals surface area contributed by atoms with E-state index in [9.17, 15) is 14.4 Å². The number of nitrogens with one attached hydrogen (secondary N) is 1. The van der Waals surface area contributed by atoms with Gasteiger partial charge in [-0.05, 0) is 43.5 Å². The van der Waals surface area contributed by atoms with Crippen LogP contribution in [0.4, 0.5) is 5.82 Å². The second-order valence-electron chi connectivity index (χ2n) is 6.87. The first-order chi connectivity index (χ1) is 12.4. The Hall–Kier alpha value is -2.89. The van der Waals surface area contributed by atoms with Crippen LogP contribution in [-0.2, 0) is 14.4 Å². The van der Waals surface area contributed by atoms with E-state index in [1.165, 1.54) is 12.5 Å². The van der Waals surface area contributed by atoms with Gasteiger partial charge in [0.25, 0.3) is 0 Å². The topological polar surface area (TPSA) is 89.0 Å². The average Bonchev–Trinajstić information content (AvgIpc) is 2.57. The molecule has 1 aliphatic rings. The van der Waals surface area contributed by atoms with Crippen LogP contribution in [-0.4, -0.2) is 27.4 Å². The van der Waals surface area contributed by atoms with Crippen molar-refractivity contribution in [1.29, 1.82) is 0 Å². The third-order valence-electron chi connectivity index (χ3n) is 4.77. The number of aryl methyl sites for hydroxylation is 3. The van der Waals surface area contributed by atoms with E-state index in [1.54, 1.807) is 6.07 Å². The standard InChI is InChI=1S/C20H21N3O3/c1-11-6-12(2)18(13(3)7-11)19-15(24)8-14(9-16(19)25)20(26)23-17-4-5-21-10-22-17/h4-7,10,14,19H,8-9H2,1-3H3,(H,21,22,23,26). The zero-order chi connectivity index (χ0) is 18.8. The third-order valence-corrected chi connectivity index (χ3v) is 4.77. The summed E-state index contributed by atoms with van der Waals surface area (Å²) in [5.74, 6) is -1.82. The van der Waals surface area contributed by atoms with Crippen molar-refractivity contribution in [3.8, 4) is 0 Å². The van der Waals surface area contributed by atoms with E-state index >= 15 is 0 Å². The van der Waals surface area contributed by atoms with Gasteiger partial charge in [-0.25, -0.2) is 9.97 Å². The molecule has 26 heavy (non-hydrogen) atoms. The van der Waals surface area contributed by atoms with Gasteiger partial charge in [0.15, 0.2) is 0 Å². The molecule has 6 heteroatoms. The van der Waals surface area contributed by atoms with Gasteiger partial charge < -0.3 is 5.32 Å². The number of amides is 1. The van der Waals surface area contributed by atoms with E-state index in [4.69, 9.17) is 0 Å². The fourth-order valence-electron chi connectivity index (χ4n) is 3.72. The van der Waals surface area contributed by atoms with Crippen LogP contribution >= 0.6 is 0 Å². The largest absolute Gasteiger partial charge is 0.310 e. The molecule has 1 aromatic heterocycles. The van der Waals surface area contributed by atoms with Gasteiger partial charge in [0.05, 0.1) is 5.92 Å². The molecule has 0 unspecified atom stereocenters. The molecule has 1 aromatic carbocycles. The lowest BCUT2D eigenvalue weighted by molar-refractivity contribution is -0.138. The van der Waals surface area contributed by atoms with E-state index in [0.29, 0.717) is 5.82 Å². The molecule has 1 saturated carbocycles. The molecule has 3 rings (SSSR count). The molecule has 0 saturated heterocycles. The number of benzene rings is 1. The first-order valence-electron chi connectivity index (χ1n) is 8.57. The molecule has 0 atom stereocenters. The summed E-state index contributed by atoms with van der Waals surface area (Å²) in [5.41, 5.74) is 3.78. The van der Waals surface area contributed by atoms with Crippen molar-refractivity contribution in [2.45, 2.75) is 39.5 Å². The zero-order valence-electron chi connectivity index (χ0n) is 15.1. The average molecular weight is 351 g/mol. The van der Waals surface area contributed by atoms with E-state index in [-0.39, 0.29) is 30.3 Å². The summed E-state index contributed by atoms with van der Waals surface area (Å²) in [6.07, 6.45) is 2.95. The van der Waals surface area contributed by atoms with Gasteiger partial charge in [-0.3, -0.25) is 14.4 Å². The Labute approximate surface area is 152 Å². The number of aromatic nitrogens is 2. The number of rotatable bonds is 3. The maximum absolute atomic E-state index is 12.7. The highest BCUT2D eigenvalue weighted by Crippen LogP contribution is 2.35. The summed E-state index contributed by atoms with van der Waals surface area (Å²) in [6, 6.07) is 5.53. The van der Waals surface area contributed by atoms with Crippen LogP contribution in [0.2, 0.25) is 0 Å². The lowest BCUT2D eigenvalue weighted by Crippen LogP contribution is -2.38. The van der Waals surface area contributed by atoms with Crippen LogP contribution in [0.3, 0.4) is 0 Å². The quantitative estimate of drug-likeness (QED) is 0.859. The van der Waals surface area contributed by atoms with Gasteiger partial charge in [-0.2, -0.15) is 0 Å². The molecular formula is C20H21N3O3. The summed E-state index contributed by atoms with van der Waals surface area (Å²) in [4.78, 5) is 45.6. The van der Waals surface area contributed by atoms with E-state index in [0.717, 1.165) is 22.3 Å². The SMILES string of the molecule is Cc1cc(C)c(C2C(=O)CC(C(=O)Nc3ccncn3)CC2=O)c(C)c1. The summed E-state index contributed by atoms with van der Waals surface area (Å²) < 4.78 is 0. The minimum Gasteiger partial charge on any atom is -0.310 e. The fourth-order valence-corrected chi connectivity index (χ4v) is 3.72. The van der Waals surface area contributed by atoms with Crippen LogP contribution < -0.4 is 5.32 Å². The van der Waals surface area contributed by atoms with Gasteiger partial charge in [-0.1, -0.05) is 17.7 Å². The normalized spacial score (nSPS) is 20.1. The van der Waals surface area contributed by atoms with Crippen molar-refractivity contribution < 1.29 is 14.4 Å². The molecule has 134 valence electrons. The molecule has 0 aliphatic heterocycles. The van der Waals surface area contributed by atoms with Crippen LogP contribution in [0.15, 0.2) is 30.7 Å². The summed E-state index contributed by atoms with van der Waals surface area (Å²) in [5, 5.41) is 2.64. The number of carbonyl (C=O) groups excluding carboxylic acids is 3. The molecular weight excluding hydrogens is 330 g/mol. The Morgan fingerprint density at radius 3 is 2.23 bits per heavy atom. The summed E-state index contributed by atoms with van der Waals surface area (Å²) >= 11 is 0. The Kier molecular flexibility index (Phi) is 4.93. The Morgan fingerprint density at radius 1 is 1.08 bits per heavy atom. The summed E-state index contributed by atoms with van der Waals surface area (Å²) in [7, 11) is 0. The van der Waals surface area contributed by atoms with Gasteiger partial charge in [0.1, 0.15) is 29.6 Å². The van der Waals surface area contributed by atoms with Crippen LogP contribution in [0.25, 0.3) is 0 Å². The second-order valence-corrected chi connectivity index (χ2v) is 6.87. The monoisotopic (exact) mass is 351 g/mol. The molecule has 1 N–H and O–H groups in total. The van der Waals surface area contributed by atoms with Crippen molar-refractivity contribution in [2.24, 2.45) is 5.92 Å². The number of nitrogens with zero attached hydrogens (tertiary/aromatic N) is 2. The minimum absolute atomic E-state index is 0.0556. The second kappa shape index (κ2) is 7.15. The first kappa shape index (κ1) is 17.9. The van der Waals surface area contributed by atoms with E-state index in [1.807, 2.05) is 32.9 Å². The molecule has 1 fully saturated rings. The molecule has 1 amide bonds. The van der Waals surface area contributed by atoms with Crippen LogP contribution in [0, 0.1) is 26.7 Å². The van der Waals surface area contributed by atoms with Crippen molar-refractivity contribution >= 4 is 23.3 Å². The molecule has 1 aliphatic carbocycles. The molecule has 0 radical (unpaired) electrons. The lowest BCUT2D eigenvalue weighted by atomic mass is 9.74. The van der Waals surface area contributed by atoms with Gasteiger partial charge in [0, 0.05) is 19.0 Å². The Balaban J connectivity index is 1.79. The van der Waals surface area contributed by atoms with Crippen LogP contribution in [0.5, 0.6) is 0 Å². The highest BCUT2D eigenvalue weighted by atomic mass is 16.2. The highest BCUT2D eigenvalue weighted by Gasteiger charge is 2.40. The smallest absolute Gasteiger partial charge is 0.229 e. The Bertz CT molecular complexity index is 836. The maximum atomic E-state index is 12.7. The van der Waals surface area contributed by atoms with Gasteiger partial charge >= 0.3 is 0 Å². The predicted octanol–water partition coefficient (Wildman–Crippen LogP) is 2.67. The van der Waals surface area contributed by atoms with Crippen molar-refractivity contribution in [3.63, 3.8) is 0 Å². The number of ketones is 2. The molecule has 1 heterocycles. The number of Topliss-reactive ketones (excluding diaryl/α,β-unsaturated/α-hetero) is 2. The fraction of sp³-hybridized carbons (Fsp3) is 0.350. The van der Waals surface area contributed by atoms with Crippen molar-refractivity contribution in [2.75, 3.05) is 5.32 Å². The third kappa shape index (κ3) is 3.54. The molecule has 0 bridgehead atoms. The molecule has 6 nitrogen and oxygen atoms in total. The van der Waals surface area contributed by atoms with Gasteiger partial charge in [0.2, 0.25) is 5.91 Å². The van der Waals surface area contributed by atoms with E-state index in [2.05, 4.69) is 15.3 Å². The number of hydrogen-bond donors (Lipinski definition) is 1. The first-order valence-corrected chi connectivity index (χ1v) is 8.57. The van der Waals surface area contributed by atoms with Gasteiger partial charge in [-0.15, -0.1) is 0 Å². The van der Waals surface area contributed by atoms with Crippen LogP contribution in [0.1, 0.15) is 41.0 Å². The minimum atomic E-state index is -0.765. The van der Waals surface area contributed by atoms with Crippen molar-refractivity contribution in [3.05, 3.63) is 53.0 Å². The predicted molar refractivity (Wildman–Crippen MR) is 96.8 cm³/mol. The number of anilines is 1. The number of hydrogen-bond acceptors (Lipinski definition) is 5. The molecule has 0 spiro atoms. The maximum Gasteiger partial charge on any atom is 0.229 e. The lowest BCUT2D eigenvalue weighted by Gasteiger charge is -2.28. The zero-order valence-corrected chi connectivity index (χ0v) is 15.1. The number of carbonyl (C=O) groups is 3. The van der Waals surface area contributed by atoms with E-state index < -0.39 is 11.8 Å². The summed E-state index contributed by atoms with van der Waals surface area (Å²) in [6.45, 7) is 5.83.